The van der Waals surface area contributed by atoms with Gasteiger partial charge in [0.25, 0.3) is 0 Å². The monoisotopic (exact) mass is 411 g/mol. The lowest BCUT2D eigenvalue weighted by Crippen LogP contribution is -2.27. The van der Waals surface area contributed by atoms with Gasteiger partial charge in [0.1, 0.15) is 17.8 Å². The number of aromatic nitrogens is 2. The molecule has 1 heterocycles. The topological polar surface area (TPSA) is 47.0 Å². The predicted octanol–water partition coefficient (Wildman–Crippen LogP) is 6.37. The lowest BCUT2D eigenvalue weighted by molar-refractivity contribution is 0.481. The fraction of sp³-hybridized carbons (Fsp3) is 0.259. The fourth-order valence-electron chi connectivity index (χ4n) is 3.64. The molecule has 3 aromatic carbocycles. The Morgan fingerprint density at radius 1 is 0.839 bits per heavy atom. The Morgan fingerprint density at radius 3 is 2.23 bits per heavy atom. The van der Waals surface area contributed by atoms with Crippen LogP contribution in [0, 0.1) is 19.8 Å². The van der Waals surface area contributed by atoms with Crippen LogP contribution in [0.5, 0.6) is 11.5 Å². The van der Waals surface area contributed by atoms with E-state index in [9.17, 15) is 0 Å². The highest BCUT2D eigenvalue weighted by atomic mass is 16.5. The Kier molecular flexibility index (Phi) is 6.28. The molecule has 0 fully saturated rings. The summed E-state index contributed by atoms with van der Waals surface area (Å²) in [5, 5.41) is 4.81. The molecule has 4 nitrogen and oxygen atoms in total. The molecule has 4 heteroatoms. The standard InChI is InChI=1S/C27H29N3O/c1-18(2)16-28-26(27-24-14-19(3)20(4)15-25(24)29-17-30-27)21-10-12-23(13-11-21)31-22-8-6-5-7-9-22/h5-15,17-18,26,28H,16H2,1-4H3/t26-/m0/s1. The molecule has 0 spiro atoms. The van der Waals surface area contributed by atoms with Crippen molar-refractivity contribution in [1.29, 1.82) is 0 Å². The summed E-state index contributed by atoms with van der Waals surface area (Å²) >= 11 is 0. The quantitative estimate of drug-likeness (QED) is 0.384. The van der Waals surface area contributed by atoms with Crippen molar-refractivity contribution >= 4 is 10.9 Å². The van der Waals surface area contributed by atoms with Crippen LogP contribution in [0.25, 0.3) is 10.9 Å². The fourth-order valence-corrected chi connectivity index (χ4v) is 3.64. The van der Waals surface area contributed by atoms with Crippen molar-refractivity contribution < 1.29 is 4.74 Å². The number of para-hydroxylation sites is 1. The summed E-state index contributed by atoms with van der Waals surface area (Å²) in [6, 6.07) is 22.4. The lowest BCUT2D eigenvalue weighted by atomic mass is 9.97. The summed E-state index contributed by atoms with van der Waals surface area (Å²) in [6.07, 6.45) is 1.67. The Bertz CT molecular complexity index is 1150. The Labute approximate surface area is 184 Å². The summed E-state index contributed by atoms with van der Waals surface area (Å²) in [6.45, 7) is 9.58. The molecule has 1 N–H and O–H groups in total. The number of benzene rings is 3. The number of ether oxygens (including phenoxy) is 1. The largest absolute Gasteiger partial charge is 0.457 e. The van der Waals surface area contributed by atoms with Crippen LogP contribution < -0.4 is 10.1 Å². The van der Waals surface area contributed by atoms with Crippen LogP contribution in [0.3, 0.4) is 0 Å². The van der Waals surface area contributed by atoms with Gasteiger partial charge in [-0.15, -0.1) is 0 Å². The smallest absolute Gasteiger partial charge is 0.127 e. The molecule has 158 valence electrons. The van der Waals surface area contributed by atoms with Crippen LogP contribution in [0.15, 0.2) is 73.1 Å². The Morgan fingerprint density at radius 2 is 1.52 bits per heavy atom. The third-order valence-corrected chi connectivity index (χ3v) is 5.48. The second kappa shape index (κ2) is 9.27. The maximum atomic E-state index is 5.97. The Hall–Kier alpha value is -3.24. The normalized spacial score (nSPS) is 12.3. The van der Waals surface area contributed by atoms with Gasteiger partial charge >= 0.3 is 0 Å². The molecule has 4 aromatic rings. The zero-order chi connectivity index (χ0) is 21.8. The molecule has 0 saturated carbocycles. The number of nitrogens with one attached hydrogen (secondary N) is 1. The molecule has 0 bridgehead atoms. The minimum Gasteiger partial charge on any atom is -0.457 e. The Balaban J connectivity index is 1.70. The maximum Gasteiger partial charge on any atom is 0.127 e. The number of rotatable bonds is 7. The van der Waals surface area contributed by atoms with Gasteiger partial charge in [-0.1, -0.05) is 44.2 Å². The predicted molar refractivity (Wildman–Crippen MR) is 127 cm³/mol. The second-order valence-electron chi connectivity index (χ2n) is 8.43. The van der Waals surface area contributed by atoms with Gasteiger partial charge < -0.3 is 10.1 Å². The SMILES string of the molecule is Cc1cc2ncnc([C@@H](NCC(C)C)c3ccc(Oc4ccccc4)cc3)c2cc1C. The molecule has 1 atom stereocenters. The van der Waals surface area contributed by atoms with E-state index in [1.165, 1.54) is 11.1 Å². The third-order valence-electron chi connectivity index (χ3n) is 5.48. The molecule has 0 aliphatic rings. The molecule has 0 aliphatic carbocycles. The summed E-state index contributed by atoms with van der Waals surface area (Å²) in [7, 11) is 0. The number of nitrogens with zero attached hydrogens (tertiary/aromatic N) is 2. The van der Waals surface area contributed by atoms with Gasteiger partial charge in [0, 0.05) is 5.39 Å². The lowest BCUT2D eigenvalue weighted by Gasteiger charge is -2.22. The van der Waals surface area contributed by atoms with Crippen LogP contribution >= 0.6 is 0 Å². The number of aryl methyl sites for hydroxylation is 2. The molecule has 0 radical (unpaired) electrons. The van der Waals surface area contributed by atoms with Gasteiger partial charge in [0.15, 0.2) is 0 Å². The molecular weight excluding hydrogens is 382 g/mol. The highest BCUT2D eigenvalue weighted by molar-refractivity contribution is 5.83. The minimum atomic E-state index is -0.0271. The van der Waals surface area contributed by atoms with E-state index in [4.69, 9.17) is 9.72 Å². The van der Waals surface area contributed by atoms with Crippen LogP contribution in [-0.4, -0.2) is 16.5 Å². The van der Waals surface area contributed by atoms with Crippen LogP contribution in [-0.2, 0) is 0 Å². The zero-order valence-electron chi connectivity index (χ0n) is 18.6. The van der Waals surface area contributed by atoms with Crippen molar-refractivity contribution in [2.24, 2.45) is 5.92 Å². The van der Waals surface area contributed by atoms with E-state index in [2.05, 4.69) is 62.3 Å². The van der Waals surface area contributed by atoms with Crippen LogP contribution in [0.2, 0.25) is 0 Å². The van der Waals surface area contributed by atoms with Crippen molar-refractivity contribution in [2.45, 2.75) is 33.7 Å². The van der Waals surface area contributed by atoms with Crippen molar-refractivity contribution in [3.63, 3.8) is 0 Å². The van der Waals surface area contributed by atoms with Crippen molar-refractivity contribution in [2.75, 3.05) is 6.54 Å². The number of hydrogen-bond acceptors (Lipinski definition) is 4. The minimum absolute atomic E-state index is 0.0271. The van der Waals surface area contributed by atoms with E-state index >= 15 is 0 Å². The van der Waals surface area contributed by atoms with Gasteiger partial charge in [0.2, 0.25) is 0 Å². The highest BCUT2D eigenvalue weighted by Crippen LogP contribution is 2.30. The van der Waals surface area contributed by atoms with Crippen molar-refractivity contribution in [1.82, 2.24) is 15.3 Å². The summed E-state index contributed by atoms with van der Waals surface area (Å²) in [4.78, 5) is 9.23. The van der Waals surface area contributed by atoms with Crippen molar-refractivity contribution in [3.8, 4) is 11.5 Å². The van der Waals surface area contributed by atoms with Gasteiger partial charge in [0.05, 0.1) is 17.3 Å². The summed E-state index contributed by atoms with van der Waals surface area (Å²) in [5.41, 5.74) is 5.63. The van der Waals surface area contributed by atoms with Gasteiger partial charge in [-0.25, -0.2) is 9.97 Å². The first-order chi connectivity index (χ1) is 15.0. The molecule has 0 saturated heterocycles. The number of fused-ring (bicyclic) bond motifs is 1. The molecule has 1 aromatic heterocycles. The van der Waals surface area contributed by atoms with Crippen LogP contribution in [0.1, 0.15) is 42.3 Å². The van der Waals surface area contributed by atoms with E-state index < -0.39 is 0 Å². The molecule has 0 aliphatic heterocycles. The second-order valence-corrected chi connectivity index (χ2v) is 8.43. The van der Waals surface area contributed by atoms with E-state index in [-0.39, 0.29) is 6.04 Å². The third kappa shape index (κ3) is 4.92. The molecule has 31 heavy (non-hydrogen) atoms. The summed E-state index contributed by atoms with van der Waals surface area (Å²) in [5.74, 6) is 2.18. The first-order valence-electron chi connectivity index (χ1n) is 10.8. The van der Waals surface area contributed by atoms with Gasteiger partial charge in [-0.05, 0) is 79.4 Å². The van der Waals surface area contributed by atoms with Gasteiger partial charge in [-0.3, -0.25) is 0 Å². The maximum absolute atomic E-state index is 5.97. The molecule has 0 amide bonds. The first kappa shape index (κ1) is 21.0. The van der Waals surface area contributed by atoms with Crippen LogP contribution in [0.4, 0.5) is 0 Å². The summed E-state index contributed by atoms with van der Waals surface area (Å²) < 4.78 is 5.97. The first-order valence-corrected chi connectivity index (χ1v) is 10.8. The van der Waals surface area contributed by atoms with Crippen molar-refractivity contribution in [3.05, 3.63) is 95.4 Å². The van der Waals surface area contributed by atoms with E-state index in [0.29, 0.717) is 5.92 Å². The van der Waals surface area contributed by atoms with E-state index in [0.717, 1.165) is 40.2 Å². The molecule has 4 rings (SSSR count). The van der Waals surface area contributed by atoms with E-state index in [1.807, 2.05) is 42.5 Å². The molecule has 0 unspecified atom stereocenters. The average Bonchev–Trinajstić information content (AvgIpc) is 2.76. The zero-order valence-corrected chi connectivity index (χ0v) is 18.6. The van der Waals surface area contributed by atoms with E-state index in [1.54, 1.807) is 6.33 Å². The average molecular weight is 412 g/mol. The number of hydrogen-bond donors (Lipinski definition) is 1. The highest BCUT2D eigenvalue weighted by Gasteiger charge is 2.19. The van der Waals surface area contributed by atoms with Gasteiger partial charge in [-0.2, -0.15) is 0 Å². The molecular formula is C27H29N3O.